The molecule has 4 rings (SSSR count). The lowest BCUT2D eigenvalue weighted by molar-refractivity contribution is 0.0599. The summed E-state index contributed by atoms with van der Waals surface area (Å²) in [5.74, 6) is -1.51. The zero-order valence-electron chi connectivity index (χ0n) is 17.6. The van der Waals surface area contributed by atoms with Gasteiger partial charge in [-0.2, -0.15) is 0 Å². The molecule has 0 aliphatic heterocycles. The average molecular weight is 444 g/mol. The first-order valence-corrected chi connectivity index (χ1v) is 9.78. The van der Waals surface area contributed by atoms with Crippen LogP contribution in [0.4, 0.5) is 0 Å². The van der Waals surface area contributed by atoms with Crippen LogP contribution in [0, 0.1) is 0 Å². The fourth-order valence-electron chi connectivity index (χ4n) is 2.92. The predicted molar refractivity (Wildman–Crippen MR) is 122 cm³/mol. The van der Waals surface area contributed by atoms with Crippen LogP contribution in [-0.4, -0.2) is 33.3 Å². The first-order valence-electron chi connectivity index (χ1n) is 9.78. The third-order valence-electron chi connectivity index (χ3n) is 4.56. The number of rotatable bonds is 4. The molecule has 0 atom stereocenters. The number of aromatic carboxylic acids is 1. The van der Waals surface area contributed by atoms with E-state index in [1.807, 2.05) is 24.3 Å². The van der Waals surface area contributed by atoms with Crippen molar-refractivity contribution >= 4 is 11.9 Å². The SMILES string of the molecule is COC(=O)c1ccc(=O)n(-c2ccccc2)c1.O=C(O)c1ccc(=O)n(-c2ccccc2)c1. The number of ether oxygens (including phenoxy) is 1. The number of esters is 1. The van der Waals surface area contributed by atoms with Gasteiger partial charge in [0.15, 0.2) is 0 Å². The lowest BCUT2D eigenvalue weighted by Gasteiger charge is -2.06. The Morgan fingerprint density at radius 2 is 1.09 bits per heavy atom. The minimum absolute atomic E-state index is 0.0865. The second-order valence-electron chi connectivity index (χ2n) is 6.72. The van der Waals surface area contributed by atoms with Crippen molar-refractivity contribution in [1.29, 1.82) is 0 Å². The van der Waals surface area contributed by atoms with Crippen LogP contribution in [0.3, 0.4) is 0 Å². The van der Waals surface area contributed by atoms with Crippen LogP contribution in [0.1, 0.15) is 20.7 Å². The molecular formula is C25H20N2O6. The fourth-order valence-corrected chi connectivity index (χ4v) is 2.92. The van der Waals surface area contributed by atoms with Gasteiger partial charge >= 0.3 is 11.9 Å². The monoisotopic (exact) mass is 444 g/mol. The first-order chi connectivity index (χ1) is 15.9. The summed E-state index contributed by atoms with van der Waals surface area (Å²) in [7, 11) is 1.31. The molecule has 8 nitrogen and oxygen atoms in total. The predicted octanol–water partition coefficient (Wildman–Crippen LogP) is 3.16. The number of nitrogens with zero attached hydrogens (tertiary/aromatic N) is 2. The number of carbonyl (C=O) groups excluding carboxylic acids is 1. The van der Waals surface area contributed by atoms with Gasteiger partial charge in [-0.1, -0.05) is 36.4 Å². The molecule has 0 saturated carbocycles. The van der Waals surface area contributed by atoms with E-state index in [-0.39, 0.29) is 16.7 Å². The number of benzene rings is 2. The van der Waals surface area contributed by atoms with E-state index in [4.69, 9.17) is 5.11 Å². The van der Waals surface area contributed by atoms with Gasteiger partial charge in [0.1, 0.15) is 0 Å². The molecule has 0 aliphatic rings. The number of carboxylic acids is 1. The number of methoxy groups -OCH3 is 1. The largest absolute Gasteiger partial charge is 0.478 e. The minimum Gasteiger partial charge on any atom is -0.478 e. The number of para-hydroxylation sites is 2. The second kappa shape index (κ2) is 10.5. The average Bonchev–Trinajstić information content (AvgIpc) is 2.85. The molecule has 33 heavy (non-hydrogen) atoms. The van der Waals surface area contributed by atoms with Crippen LogP contribution in [0.15, 0.2) is 107 Å². The Bertz CT molecular complexity index is 1380. The highest BCUT2D eigenvalue weighted by atomic mass is 16.5. The highest BCUT2D eigenvalue weighted by molar-refractivity contribution is 5.89. The van der Waals surface area contributed by atoms with Crippen molar-refractivity contribution in [3.8, 4) is 11.4 Å². The smallest absolute Gasteiger partial charge is 0.339 e. The highest BCUT2D eigenvalue weighted by Gasteiger charge is 2.08. The molecule has 0 unspecified atom stereocenters. The standard InChI is InChI=1S/C13H11NO3.C12H9NO3/c1-17-13(16)10-7-8-12(15)14(9-10)11-5-3-2-4-6-11;14-11-7-6-9(12(15)16)8-13(11)10-4-2-1-3-5-10/h2-9H,1H3;1-8H,(H,15,16). The normalized spacial score (nSPS) is 9.97. The molecule has 0 fully saturated rings. The molecule has 2 aromatic carbocycles. The molecule has 4 aromatic rings. The molecule has 8 heteroatoms. The zero-order valence-corrected chi connectivity index (χ0v) is 17.6. The van der Waals surface area contributed by atoms with Gasteiger partial charge in [-0.05, 0) is 36.4 Å². The Kier molecular flexibility index (Phi) is 7.33. The molecule has 0 saturated heterocycles. The quantitative estimate of drug-likeness (QED) is 0.485. The third kappa shape index (κ3) is 5.71. The summed E-state index contributed by atoms with van der Waals surface area (Å²) in [4.78, 5) is 45.4. The lowest BCUT2D eigenvalue weighted by atomic mass is 10.2. The molecule has 0 amide bonds. The van der Waals surface area contributed by atoms with Crippen LogP contribution < -0.4 is 11.1 Å². The highest BCUT2D eigenvalue weighted by Crippen LogP contribution is 2.07. The van der Waals surface area contributed by atoms with Crippen LogP contribution in [0.25, 0.3) is 11.4 Å². The van der Waals surface area contributed by atoms with Crippen molar-refractivity contribution in [2.45, 2.75) is 0 Å². The van der Waals surface area contributed by atoms with E-state index in [2.05, 4.69) is 4.74 Å². The molecule has 1 N–H and O–H groups in total. The van der Waals surface area contributed by atoms with Crippen molar-refractivity contribution in [1.82, 2.24) is 9.13 Å². The Balaban J connectivity index is 0.000000186. The zero-order chi connectivity index (χ0) is 23.8. The number of hydrogen-bond donors (Lipinski definition) is 1. The molecule has 0 bridgehead atoms. The second-order valence-corrected chi connectivity index (χ2v) is 6.72. The van der Waals surface area contributed by atoms with Gasteiger partial charge in [0, 0.05) is 35.9 Å². The van der Waals surface area contributed by atoms with Crippen molar-refractivity contribution in [3.63, 3.8) is 0 Å². The summed E-state index contributed by atoms with van der Waals surface area (Å²) in [5.41, 5.74) is 1.35. The first kappa shape index (κ1) is 23.0. The lowest BCUT2D eigenvalue weighted by Crippen LogP contribution is -2.18. The number of carboxylic acid groups (broad SMARTS) is 1. The molecular weight excluding hydrogens is 424 g/mol. The topological polar surface area (TPSA) is 108 Å². The van der Waals surface area contributed by atoms with E-state index >= 15 is 0 Å². The Hall–Kier alpha value is -4.72. The maximum absolute atomic E-state index is 11.7. The summed E-state index contributed by atoms with van der Waals surface area (Å²) in [6, 6.07) is 23.3. The summed E-state index contributed by atoms with van der Waals surface area (Å²) < 4.78 is 7.33. The maximum Gasteiger partial charge on any atom is 0.339 e. The third-order valence-corrected chi connectivity index (χ3v) is 4.56. The number of aromatic nitrogens is 2. The van der Waals surface area contributed by atoms with Crippen LogP contribution in [0.5, 0.6) is 0 Å². The van der Waals surface area contributed by atoms with Crippen molar-refractivity contribution in [3.05, 3.63) is 129 Å². The van der Waals surface area contributed by atoms with Gasteiger partial charge in [0.25, 0.3) is 11.1 Å². The summed E-state index contributed by atoms with van der Waals surface area (Å²) >= 11 is 0. The molecule has 166 valence electrons. The molecule has 0 spiro atoms. The van der Waals surface area contributed by atoms with Gasteiger partial charge in [-0.3, -0.25) is 18.7 Å². The molecule has 2 heterocycles. The van der Waals surface area contributed by atoms with Crippen LogP contribution >= 0.6 is 0 Å². The van der Waals surface area contributed by atoms with Gasteiger partial charge < -0.3 is 9.84 Å². The molecule has 2 aromatic heterocycles. The van der Waals surface area contributed by atoms with Crippen molar-refractivity contribution in [2.24, 2.45) is 0 Å². The van der Waals surface area contributed by atoms with Gasteiger partial charge in [0.05, 0.1) is 18.2 Å². The Morgan fingerprint density at radius 3 is 1.52 bits per heavy atom. The van der Waals surface area contributed by atoms with Gasteiger partial charge in [-0.15, -0.1) is 0 Å². The van der Waals surface area contributed by atoms with E-state index in [9.17, 15) is 19.2 Å². The Labute approximate surface area is 188 Å². The molecule has 0 aliphatic carbocycles. The van der Waals surface area contributed by atoms with Crippen LogP contribution in [0.2, 0.25) is 0 Å². The van der Waals surface area contributed by atoms with E-state index in [0.29, 0.717) is 16.9 Å². The van der Waals surface area contributed by atoms with Crippen LogP contribution in [-0.2, 0) is 4.74 Å². The molecule has 0 radical (unpaired) electrons. The van der Waals surface area contributed by atoms with Crippen molar-refractivity contribution < 1.29 is 19.4 Å². The van der Waals surface area contributed by atoms with Gasteiger partial charge in [-0.25, -0.2) is 9.59 Å². The number of carbonyl (C=O) groups is 2. The van der Waals surface area contributed by atoms with Crippen molar-refractivity contribution in [2.75, 3.05) is 7.11 Å². The Morgan fingerprint density at radius 1 is 0.667 bits per heavy atom. The summed E-state index contributed by atoms with van der Waals surface area (Å²) in [6.07, 6.45) is 2.80. The minimum atomic E-state index is -1.05. The van der Waals surface area contributed by atoms with E-state index in [0.717, 1.165) is 0 Å². The van der Waals surface area contributed by atoms with E-state index in [1.165, 1.54) is 52.9 Å². The van der Waals surface area contributed by atoms with Gasteiger partial charge in [0.2, 0.25) is 0 Å². The van der Waals surface area contributed by atoms with E-state index in [1.54, 1.807) is 36.4 Å². The summed E-state index contributed by atoms with van der Waals surface area (Å²) in [6.45, 7) is 0. The summed E-state index contributed by atoms with van der Waals surface area (Å²) in [5, 5.41) is 8.83. The number of hydrogen-bond acceptors (Lipinski definition) is 5. The maximum atomic E-state index is 11.7. The fraction of sp³-hybridized carbons (Fsp3) is 0.0400. The van der Waals surface area contributed by atoms with E-state index < -0.39 is 11.9 Å². The number of pyridine rings is 2.